The van der Waals surface area contributed by atoms with Crippen LogP contribution >= 0.6 is 22.6 Å². The predicted octanol–water partition coefficient (Wildman–Crippen LogP) is 6.70. The van der Waals surface area contributed by atoms with E-state index in [1.54, 1.807) is 6.21 Å². The Bertz CT molecular complexity index is 1270. The van der Waals surface area contributed by atoms with E-state index in [4.69, 9.17) is 9.47 Å². The third-order valence-corrected chi connectivity index (χ3v) is 8.39. The Morgan fingerprint density at radius 1 is 1.17 bits per heavy atom. The van der Waals surface area contributed by atoms with Crippen LogP contribution in [0.2, 0.25) is 0 Å². The number of halogens is 1. The van der Waals surface area contributed by atoms with Crippen LogP contribution in [0.3, 0.4) is 0 Å². The lowest BCUT2D eigenvalue weighted by atomic mass is 9.90. The number of benzene rings is 3. The predicted molar refractivity (Wildman–Crippen MR) is 148 cm³/mol. The molecule has 2 aliphatic rings. The SMILES string of the molecule is CCOc1cc(/C=N\NC(=O)[C@@H]2[C@@H]3CCCC[C@@]23C)cc(I)c1OCc1cccc2ccccc12. The fraction of sp³-hybridized carbons (Fsp3) is 0.379. The van der Waals surface area contributed by atoms with Crippen molar-refractivity contribution in [1.29, 1.82) is 0 Å². The van der Waals surface area contributed by atoms with Crippen molar-refractivity contribution in [3.63, 3.8) is 0 Å². The highest BCUT2D eigenvalue weighted by Crippen LogP contribution is 2.66. The molecule has 5 rings (SSSR count). The average Bonchev–Trinajstić information content (AvgIpc) is 3.49. The molecule has 0 spiro atoms. The summed E-state index contributed by atoms with van der Waals surface area (Å²) < 4.78 is 13.1. The fourth-order valence-electron chi connectivity index (χ4n) is 5.72. The van der Waals surface area contributed by atoms with Gasteiger partial charge in [0.1, 0.15) is 6.61 Å². The lowest BCUT2D eigenvalue weighted by Crippen LogP contribution is -2.22. The number of amides is 1. The molecule has 6 heteroatoms. The number of fused-ring (bicyclic) bond motifs is 2. The van der Waals surface area contributed by atoms with Gasteiger partial charge in [0.05, 0.1) is 16.4 Å². The third-order valence-electron chi connectivity index (χ3n) is 7.59. The number of nitrogens with zero attached hydrogens (tertiary/aromatic N) is 1. The van der Waals surface area contributed by atoms with E-state index < -0.39 is 0 Å². The summed E-state index contributed by atoms with van der Waals surface area (Å²) in [5, 5.41) is 6.65. The van der Waals surface area contributed by atoms with E-state index in [2.05, 4.69) is 70.4 Å². The number of carbonyl (C=O) groups is 1. The highest BCUT2D eigenvalue weighted by molar-refractivity contribution is 14.1. The number of ether oxygens (including phenoxy) is 2. The molecule has 3 aromatic rings. The second-order valence-corrected chi connectivity index (χ2v) is 10.9. The van der Waals surface area contributed by atoms with E-state index in [0.717, 1.165) is 33.3 Å². The van der Waals surface area contributed by atoms with Gasteiger partial charge in [0.25, 0.3) is 0 Å². The summed E-state index contributed by atoms with van der Waals surface area (Å²) in [5.41, 5.74) is 4.94. The normalized spacial score (nSPS) is 23.2. The molecule has 5 nitrogen and oxygen atoms in total. The maximum absolute atomic E-state index is 12.7. The molecular formula is C29H31IN2O3. The molecule has 0 bridgehead atoms. The monoisotopic (exact) mass is 582 g/mol. The van der Waals surface area contributed by atoms with E-state index in [-0.39, 0.29) is 17.2 Å². The number of carbonyl (C=O) groups excluding carboxylic acids is 1. The third kappa shape index (κ3) is 4.90. The van der Waals surface area contributed by atoms with Crippen molar-refractivity contribution in [2.75, 3.05) is 6.61 Å². The molecule has 0 aliphatic heterocycles. The Balaban J connectivity index is 1.28. The Morgan fingerprint density at radius 2 is 2.00 bits per heavy atom. The zero-order valence-electron chi connectivity index (χ0n) is 20.2. The summed E-state index contributed by atoms with van der Waals surface area (Å²) in [6.45, 7) is 5.18. The van der Waals surface area contributed by atoms with Gasteiger partial charge in [-0.25, -0.2) is 5.43 Å². The average molecular weight is 582 g/mol. The van der Waals surface area contributed by atoms with Crippen molar-refractivity contribution in [3.8, 4) is 11.5 Å². The first-order chi connectivity index (χ1) is 17.0. The van der Waals surface area contributed by atoms with Crippen LogP contribution in [-0.4, -0.2) is 18.7 Å². The van der Waals surface area contributed by atoms with Gasteiger partial charge in [0.15, 0.2) is 11.5 Å². The van der Waals surface area contributed by atoms with Gasteiger partial charge in [-0.3, -0.25) is 4.79 Å². The van der Waals surface area contributed by atoms with Gasteiger partial charge in [-0.15, -0.1) is 0 Å². The molecule has 0 heterocycles. The lowest BCUT2D eigenvalue weighted by molar-refractivity contribution is -0.123. The standard InChI is InChI=1S/C29H31IN2O3/c1-3-34-25-16-19(17-31-32-28(33)26-23-13-6-7-14-29(23,26)2)15-24(30)27(25)35-18-21-11-8-10-20-9-4-5-12-22(20)21/h4-5,8-12,15-17,23,26H,3,6-7,13-14,18H2,1-2H3,(H,32,33)/b31-17-/t23-,26-,29+/m0/s1. The van der Waals surface area contributed by atoms with Crippen LogP contribution in [0.15, 0.2) is 59.7 Å². The molecule has 0 aromatic heterocycles. The number of hydrazone groups is 1. The molecule has 35 heavy (non-hydrogen) atoms. The summed E-state index contributed by atoms with van der Waals surface area (Å²) >= 11 is 2.27. The minimum Gasteiger partial charge on any atom is -0.490 e. The van der Waals surface area contributed by atoms with Crippen molar-refractivity contribution in [2.24, 2.45) is 22.4 Å². The van der Waals surface area contributed by atoms with Crippen molar-refractivity contribution >= 4 is 45.5 Å². The molecule has 1 amide bonds. The molecule has 2 fully saturated rings. The Morgan fingerprint density at radius 3 is 2.80 bits per heavy atom. The lowest BCUT2D eigenvalue weighted by Gasteiger charge is -2.15. The van der Waals surface area contributed by atoms with Gasteiger partial charge < -0.3 is 9.47 Å². The van der Waals surface area contributed by atoms with Gasteiger partial charge in [0, 0.05) is 5.92 Å². The number of rotatable bonds is 8. The summed E-state index contributed by atoms with van der Waals surface area (Å²) in [6.07, 6.45) is 6.46. The zero-order valence-corrected chi connectivity index (χ0v) is 22.4. The van der Waals surface area contributed by atoms with E-state index in [0.29, 0.717) is 24.9 Å². The summed E-state index contributed by atoms with van der Waals surface area (Å²) in [7, 11) is 0. The second kappa shape index (κ2) is 10.2. The topological polar surface area (TPSA) is 59.9 Å². The smallest absolute Gasteiger partial charge is 0.244 e. The van der Waals surface area contributed by atoms with Gasteiger partial charge in [-0.2, -0.15) is 5.10 Å². The van der Waals surface area contributed by atoms with Crippen molar-refractivity contribution in [2.45, 2.75) is 46.1 Å². The number of hydrogen-bond donors (Lipinski definition) is 1. The zero-order chi connectivity index (χ0) is 24.4. The highest BCUT2D eigenvalue weighted by atomic mass is 127. The quantitative estimate of drug-likeness (QED) is 0.183. The molecular weight excluding hydrogens is 551 g/mol. The van der Waals surface area contributed by atoms with E-state index in [1.807, 2.05) is 31.2 Å². The maximum Gasteiger partial charge on any atom is 0.244 e. The highest BCUT2D eigenvalue weighted by Gasteiger charge is 2.64. The van der Waals surface area contributed by atoms with Crippen molar-refractivity contribution in [3.05, 3.63) is 69.3 Å². The van der Waals surface area contributed by atoms with Gasteiger partial charge in [-0.05, 0) is 87.7 Å². The molecule has 0 unspecified atom stereocenters. The van der Waals surface area contributed by atoms with Crippen molar-refractivity contribution < 1.29 is 14.3 Å². The maximum atomic E-state index is 12.7. The molecule has 182 valence electrons. The van der Waals surface area contributed by atoms with E-state index in [1.165, 1.54) is 23.6 Å². The molecule has 0 saturated heterocycles. The van der Waals surface area contributed by atoms with Gasteiger partial charge in [-0.1, -0.05) is 62.2 Å². The van der Waals surface area contributed by atoms with Crippen LogP contribution < -0.4 is 14.9 Å². The Labute approximate surface area is 220 Å². The molecule has 2 aliphatic carbocycles. The number of hydrogen-bond acceptors (Lipinski definition) is 4. The largest absolute Gasteiger partial charge is 0.490 e. The minimum absolute atomic E-state index is 0.0467. The van der Waals surface area contributed by atoms with Crippen LogP contribution in [0.4, 0.5) is 0 Å². The first-order valence-corrected chi connectivity index (χ1v) is 13.5. The van der Waals surface area contributed by atoms with Crippen molar-refractivity contribution in [1.82, 2.24) is 5.43 Å². The molecule has 0 radical (unpaired) electrons. The van der Waals surface area contributed by atoms with E-state index >= 15 is 0 Å². The number of nitrogens with one attached hydrogen (secondary N) is 1. The minimum atomic E-state index is 0.0467. The summed E-state index contributed by atoms with van der Waals surface area (Å²) in [6, 6.07) is 18.5. The first kappa shape index (κ1) is 24.1. The molecule has 3 aromatic carbocycles. The van der Waals surface area contributed by atoms with Crippen LogP contribution in [0.25, 0.3) is 10.8 Å². The van der Waals surface area contributed by atoms with E-state index in [9.17, 15) is 4.79 Å². The first-order valence-electron chi connectivity index (χ1n) is 12.4. The molecule has 3 atom stereocenters. The summed E-state index contributed by atoms with van der Waals surface area (Å²) in [4.78, 5) is 12.7. The van der Waals surface area contributed by atoms with Gasteiger partial charge in [0.2, 0.25) is 5.91 Å². The summed E-state index contributed by atoms with van der Waals surface area (Å²) in [5.74, 6) is 2.07. The van der Waals surface area contributed by atoms with Gasteiger partial charge >= 0.3 is 0 Å². The Hall–Kier alpha value is -2.61. The van der Waals surface area contributed by atoms with Crippen LogP contribution in [0.1, 0.15) is 50.7 Å². The molecule has 1 N–H and O–H groups in total. The molecule has 2 saturated carbocycles. The van der Waals surface area contributed by atoms with Crippen LogP contribution in [0.5, 0.6) is 11.5 Å². The fourth-order valence-corrected chi connectivity index (χ4v) is 6.51. The van der Waals surface area contributed by atoms with Crippen LogP contribution in [-0.2, 0) is 11.4 Å². The van der Waals surface area contributed by atoms with Crippen LogP contribution in [0, 0.1) is 20.8 Å². The second-order valence-electron chi connectivity index (χ2n) is 9.76. The Kier molecular flexibility index (Phi) is 7.00.